The summed E-state index contributed by atoms with van der Waals surface area (Å²) in [7, 11) is 0. The lowest BCUT2D eigenvalue weighted by molar-refractivity contribution is -0.149. The number of carbonyl (C=O) groups is 2. The van der Waals surface area contributed by atoms with Gasteiger partial charge >= 0.3 is 0 Å². The topological polar surface area (TPSA) is 67.9 Å². The van der Waals surface area contributed by atoms with E-state index in [4.69, 9.17) is 9.47 Å². The second-order valence-electron chi connectivity index (χ2n) is 6.10. The maximum Gasteiger partial charge on any atom is 0.258 e. The monoisotopic (exact) mass is 354 g/mol. The van der Waals surface area contributed by atoms with Gasteiger partial charge in [-0.2, -0.15) is 0 Å². The number of nitrogens with one attached hydrogen (secondary N) is 1. The molecule has 1 atom stereocenters. The fraction of sp³-hybridized carbons (Fsp3) is 0.300. The summed E-state index contributed by atoms with van der Waals surface area (Å²) in [5.41, 5.74) is 1.07. The van der Waals surface area contributed by atoms with Crippen LogP contribution in [0.2, 0.25) is 0 Å². The first-order valence-electron chi connectivity index (χ1n) is 8.58. The van der Waals surface area contributed by atoms with Gasteiger partial charge in [-0.05, 0) is 17.7 Å². The number of rotatable bonds is 7. The zero-order valence-corrected chi connectivity index (χ0v) is 14.5. The summed E-state index contributed by atoms with van der Waals surface area (Å²) in [5, 5.41) is 2.79. The fourth-order valence-corrected chi connectivity index (χ4v) is 2.71. The summed E-state index contributed by atoms with van der Waals surface area (Å²) in [6.07, 6.45) is -0.225. The summed E-state index contributed by atoms with van der Waals surface area (Å²) in [4.78, 5) is 25.7. The van der Waals surface area contributed by atoms with Gasteiger partial charge in [0.15, 0.2) is 6.61 Å². The Kier molecular flexibility index (Phi) is 6.22. The van der Waals surface area contributed by atoms with Crippen LogP contribution in [0.15, 0.2) is 60.7 Å². The molecule has 0 aromatic heterocycles. The quantitative estimate of drug-likeness (QED) is 0.820. The summed E-state index contributed by atoms with van der Waals surface area (Å²) < 4.78 is 10.9. The van der Waals surface area contributed by atoms with Gasteiger partial charge in [0.25, 0.3) is 5.91 Å². The van der Waals surface area contributed by atoms with Gasteiger partial charge in [-0.3, -0.25) is 9.59 Å². The van der Waals surface area contributed by atoms with Gasteiger partial charge in [-0.15, -0.1) is 0 Å². The van der Waals surface area contributed by atoms with Crippen LogP contribution in [0, 0.1) is 0 Å². The van der Waals surface area contributed by atoms with Crippen molar-refractivity contribution in [3.05, 3.63) is 66.2 Å². The third-order valence-electron chi connectivity index (χ3n) is 4.08. The predicted molar refractivity (Wildman–Crippen MR) is 96.5 cm³/mol. The molecule has 1 saturated heterocycles. The van der Waals surface area contributed by atoms with E-state index in [2.05, 4.69) is 5.32 Å². The number of hydrogen-bond acceptors (Lipinski definition) is 4. The summed E-state index contributed by atoms with van der Waals surface area (Å²) in [6, 6.07) is 19.0. The Hall–Kier alpha value is -2.86. The van der Waals surface area contributed by atoms with Crippen LogP contribution in [0.1, 0.15) is 5.56 Å². The average Bonchev–Trinajstić information content (AvgIpc) is 2.68. The number of nitrogens with zero attached hydrogens (tertiary/aromatic N) is 1. The first kappa shape index (κ1) is 17.9. The molecule has 3 rings (SSSR count). The molecule has 26 heavy (non-hydrogen) atoms. The smallest absolute Gasteiger partial charge is 0.258 e. The van der Waals surface area contributed by atoms with Crippen molar-refractivity contribution in [2.24, 2.45) is 0 Å². The Morgan fingerprint density at radius 1 is 1.12 bits per heavy atom. The van der Waals surface area contributed by atoms with E-state index in [-0.39, 0.29) is 31.1 Å². The summed E-state index contributed by atoms with van der Waals surface area (Å²) in [6.45, 7) is 1.32. The van der Waals surface area contributed by atoms with Crippen molar-refractivity contribution in [3.63, 3.8) is 0 Å². The van der Waals surface area contributed by atoms with Crippen LogP contribution in [-0.4, -0.2) is 49.1 Å². The van der Waals surface area contributed by atoms with Crippen LogP contribution < -0.4 is 10.1 Å². The van der Waals surface area contributed by atoms with E-state index in [1.807, 2.05) is 48.5 Å². The lowest BCUT2D eigenvalue weighted by Crippen LogP contribution is -2.50. The third-order valence-corrected chi connectivity index (χ3v) is 4.08. The lowest BCUT2D eigenvalue weighted by atomic mass is 10.2. The van der Waals surface area contributed by atoms with E-state index in [0.29, 0.717) is 25.4 Å². The molecule has 1 aliphatic rings. The van der Waals surface area contributed by atoms with Crippen molar-refractivity contribution in [2.75, 3.05) is 26.3 Å². The van der Waals surface area contributed by atoms with E-state index in [1.54, 1.807) is 17.0 Å². The molecule has 0 radical (unpaired) electrons. The molecule has 1 heterocycles. The molecule has 2 aromatic carbocycles. The first-order chi connectivity index (χ1) is 12.7. The summed E-state index contributed by atoms with van der Waals surface area (Å²) >= 11 is 0. The molecular formula is C20H22N2O4. The van der Waals surface area contributed by atoms with E-state index < -0.39 is 0 Å². The van der Waals surface area contributed by atoms with Gasteiger partial charge < -0.3 is 19.7 Å². The van der Waals surface area contributed by atoms with Crippen LogP contribution in [-0.2, 0) is 20.9 Å². The molecule has 136 valence electrons. The molecule has 1 fully saturated rings. The van der Waals surface area contributed by atoms with Crippen molar-refractivity contribution in [1.29, 1.82) is 0 Å². The first-order valence-corrected chi connectivity index (χ1v) is 8.58. The van der Waals surface area contributed by atoms with Gasteiger partial charge in [-0.25, -0.2) is 0 Å². The largest absolute Gasteiger partial charge is 0.484 e. The van der Waals surface area contributed by atoms with E-state index in [1.165, 1.54) is 0 Å². The minimum absolute atomic E-state index is 0.0356. The van der Waals surface area contributed by atoms with Crippen LogP contribution in [0.25, 0.3) is 0 Å². The number of benzene rings is 2. The molecule has 2 amide bonds. The highest BCUT2D eigenvalue weighted by molar-refractivity contribution is 5.78. The van der Waals surface area contributed by atoms with Crippen molar-refractivity contribution < 1.29 is 19.1 Å². The Morgan fingerprint density at radius 2 is 1.81 bits per heavy atom. The molecule has 0 bridgehead atoms. The van der Waals surface area contributed by atoms with Gasteiger partial charge in [-0.1, -0.05) is 48.5 Å². The van der Waals surface area contributed by atoms with Crippen LogP contribution in [0.4, 0.5) is 0 Å². The van der Waals surface area contributed by atoms with E-state index >= 15 is 0 Å². The second kappa shape index (κ2) is 9.01. The molecule has 1 unspecified atom stereocenters. The van der Waals surface area contributed by atoms with Crippen LogP contribution in [0.3, 0.4) is 0 Å². The number of amides is 2. The summed E-state index contributed by atoms with van der Waals surface area (Å²) in [5.74, 6) is 0.393. The highest BCUT2D eigenvalue weighted by atomic mass is 16.5. The molecule has 1 aliphatic heterocycles. The highest BCUT2D eigenvalue weighted by Crippen LogP contribution is 2.11. The fourth-order valence-electron chi connectivity index (χ4n) is 2.71. The maximum absolute atomic E-state index is 12.0. The SMILES string of the molecule is O=C(COc1ccccc1)NCC1CN(Cc2ccccc2)C(=O)CO1. The zero-order chi connectivity index (χ0) is 18.2. The van der Waals surface area contributed by atoms with Crippen molar-refractivity contribution >= 4 is 11.8 Å². The van der Waals surface area contributed by atoms with Gasteiger partial charge in [0.1, 0.15) is 12.4 Å². The lowest BCUT2D eigenvalue weighted by Gasteiger charge is -2.33. The van der Waals surface area contributed by atoms with Gasteiger partial charge in [0.05, 0.1) is 6.10 Å². The average molecular weight is 354 g/mol. The van der Waals surface area contributed by atoms with E-state index in [9.17, 15) is 9.59 Å². The Labute approximate surface area is 152 Å². The minimum atomic E-state index is -0.225. The van der Waals surface area contributed by atoms with Crippen molar-refractivity contribution in [2.45, 2.75) is 12.6 Å². The highest BCUT2D eigenvalue weighted by Gasteiger charge is 2.26. The molecule has 6 nitrogen and oxygen atoms in total. The standard InChI is InChI=1S/C20H22N2O4/c23-19(14-25-17-9-5-2-6-10-17)21-11-18-13-22(20(24)15-26-18)12-16-7-3-1-4-8-16/h1-10,18H,11-15H2,(H,21,23). The maximum atomic E-state index is 12.0. The van der Waals surface area contributed by atoms with E-state index in [0.717, 1.165) is 5.56 Å². The Bertz CT molecular complexity index is 721. The zero-order valence-electron chi connectivity index (χ0n) is 14.5. The normalized spacial score (nSPS) is 17.0. The number of carbonyl (C=O) groups excluding carboxylic acids is 2. The minimum Gasteiger partial charge on any atom is -0.484 e. The number of para-hydroxylation sites is 1. The number of hydrogen-bond donors (Lipinski definition) is 1. The molecule has 6 heteroatoms. The Morgan fingerprint density at radius 3 is 2.54 bits per heavy atom. The van der Waals surface area contributed by atoms with Crippen LogP contribution >= 0.6 is 0 Å². The molecule has 0 spiro atoms. The Balaban J connectivity index is 1.43. The molecule has 1 N–H and O–H groups in total. The van der Waals surface area contributed by atoms with Gasteiger partial charge in [0.2, 0.25) is 5.91 Å². The molecule has 0 saturated carbocycles. The third kappa shape index (κ3) is 5.32. The number of ether oxygens (including phenoxy) is 2. The van der Waals surface area contributed by atoms with Crippen molar-refractivity contribution in [3.8, 4) is 5.75 Å². The molecule has 2 aromatic rings. The predicted octanol–water partition coefficient (Wildman–Crippen LogP) is 1.61. The molecular weight excluding hydrogens is 332 g/mol. The molecule has 0 aliphatic carbocycles. The second-order valence-corrected chi connectivity index (χ2v) is 6.10. The van der Waals surface area contributed by atoms with Crippen molar-refractivity contribution in [1.82, 2.24) is 10.2 Å². The number of morpholine rings is 1. The van der Waals surface area contributed by atoms with Gasteiger partial charge in [0, 0.05) is 19.6 Å². The van der Waals surface area contributed by atoms with Crippen LogP contribution in [0.5, 0.6) is 5.75 Å².